The third-order valence-electron chi connectivity index (χ3n) is 6.01. The van der Waals surface area contributed by atoms with Gasteiger partial charge in [-0.15, -0.1) is 0 Å². The molecule has 1 unspecified atom stereocenters. The van der Waals surface area contributed by atoms with E-state index in [0.717, 1.165) is 24.8 Å². The van der Waals surface area contributed by atoms with Crippen LogP contribution >= 0.6 is 0 Å². The highest BCUT2D eigenvalue weighted by molar-refractivity contribution is 5.77. The number of halogens is 1. The van der Waals surface area contributed by atoms with Crippen LogP contribution in [0.25, 0.3) is 5.57 Å². The van der Waals surface area contributed by atoms with Crippen LogP contribution in [0.4, 0.5) is 9.18 Å². The first-order valence-electron chi connectivity index (χ1n) is 10.1. The molecule has 0 aromatic heterocycles. The van der Waals surface area contributed by atoms with E-state index in [1.54, 1.807) is 12.0 Å². The van der Waals surface area contributed by atoms with Gasteiger partial charge in [-0.2, -0.15) is 0 Å². The lowest BCUT2D eigenvalue weighted by atomic mass is 9.72. The van der Waals surface area contributed by atoms with Gasteiger partial charge in [0.25, 0.3) is 0 Å². The lowest BCUT2D eigenvalue weighted by Crippen LogP contribution is -2.35. The maximum Gasteiger partial charge on any atom is 0.410 e. The SMILES string of the molecule is COc1cc(F)c(C(C)C)cc1C1=C(CN2C(=O)OCC2C)CC(C)(C)CC1. The molecule has 1 fully saturated rings. The molecule has 3 rings (SSSR count). The number of cyclic esters (lactones) is 1. The van der Waals surface area contributed by atoms with Gasteiger partial charge < -0.3 is 9.47 Å². The molecule has 1 amide bonds. The molecule has 0 N–H and O–H groups in total. The number of ether oxygens (including phenoxy) is 2. The van der Waals surface area contributed by atoms with E-state index in [-0.39, 0.29) is 29.3 Å². The highest BCUT2D eigenvalue weighted by Gasteiger charge is 2.35. The molecule has 0 bridgehead atoms. The highest BCUT2D eigenvalue weighted by atomic mass is 19.1. The first-order chi connectivity index (χ1) is 13.1. The zero-order valence-electron chi connectivity index (χ0n) is 17.9. The first kappa shape index (κ1) is 20.7. The molecule has 1 aromatic rings. The summed E-state index contributed by atoms with van der Waals surface area (Å²) in [5, 5.41) is 0. The number of carbonyl (C=O) groups excluding carboxylic acids is 1. The Labute approximate surface area is 167 Å². The number of amides is 1. The fourth-order valence-electron chi connectivity index (χ4n) is 4.28. The Hall–Kier alpha value is -2.04. The second kappa shape index (κ2) is 7.76. The quantitative estimate of drug-likeness (QED) is 0.642. The summed E-state index contributed by atoms with van der Waals surface area (Å²) in [6.45, 7) is 11.5. The number of rotatable bonds is 5. The van der Waals surface area contributed by atoms with Gasteiger partial charge in [-0.3, -0.25) is 4.90 Å². The van der Waals surface area contributed by atoms with Gasteiger partial charge in [0.1, 0.15) is 18.2 Å². The van der Waals surface area contributed by atoms with Crippen LogP contribution in [0.15, 0.2) is 17.7 Å². The summed E-state index contributed by atoms with van der Waals surface area (Å²) in [7, 11) is 1.58. The average molecular weight is 390 g/mol. The lowest BCUT2D eigenvalue weighted by Gasteiger charge is -2.35. The zero-order valence-corrected chi connectivity index (χ0v) is 17.9. The van der Waals surface area contributed by atoms with Crippen LogP contribution in [0, 0.1) is 11.2 Å². The van der Waals surface area contributed by atoms with E-state index in [9.17, 15) is 9.18 Å². The van der Waals surface area contributed by atoms with Crippen LogP contribution < -0.4 is 4.74 Å². The standard InChI is InChI=1S/C23H32FNO3/c1-14(2)18-9-19(21(27-6)10-20(18)24)17-7-8-23(4,5)11-16(17)12-25-15(3)13-28-22(25)26/h9-10,14-15H,7-8,11-13H2,1-6H3. The second-order valence-electron chi connectivity index (χ2n) is 9.21. The fourth-order valence-corrected chi connectivity index (χ4v) is 4.28. The molecule has 4 nitrogen and oxygen atoms in total. The van der Waals surface area contributed by atoms with Crippen LogP contribution in [-0.2, 0) is 4.74 Å². The van der Waals surface area contributed by atoms with E-state index in [1.807, 2.05) is 26.8 Å². The minimum Gasteiger partial charge on any atom is -0.496 e. The average Bonchev–Trinajstić information content (AvgIpc) is 2.93. The van der Waals surface area contributed by atoms with E-state index in [2.05, 4.69) is 13.8 Å². The van der Waals surface area contributed by atoms with Gasteiger partial charge in [-0.05, 0) is 60.3 Å². The third kappa shape index (κ3) is 4.03. The number of hydrogen-bond donors (Lipinski definition) is 0. The van der Waals surface area contributed by atoms with Crippen LogP contribution in [0.3, 0.4) is 0 Å². The van der Waals surface area contributed by atoms with Crippen LogP contribution in [-0.4, -0.2) is 37.3 Å². The topological polar surface area (TPSA) is 38.8 Å². The van der Waals surface area contributed by atoms with E-state index in [4.69, 9.17) is 9.47 Å². The van der Waals surface area contributed by atoms with Gasteiger partial charge in [0, 0.05) is 18.2 Å². The van der Waals surface area contributed by atoms with Crippen molar-refractivity contribution in [2.24, 2.45) is 5.41 Å². The Morgan fingerprint density at radius 3 is 2.64 bits per heavy atom. The molecule has 1 heterocycles. The normalized spacial score (nSPS) is 22.1. The highest BCUT2D eigenvalue weighted by Crippen LogP contribution is 2.45. The molecule has 5 heteroatoms. The predicted octanol–water partition coefficient (Wildman–Crippen LogP) is 5.76. The third-order valence-corrected chi connectivity index (χ3v) is 6.01. The molecule has 2 aliphatic rings. The minimum absolute atomic E-state index is 0.0626. The molecule has 1 aliphatic carbocycles. The molecular weight excluding hydrogens is 357 g/mol. The van der Waals surface area contributed by atoms with Crippen molar-refractivity contribution in [1.82, 2.24) is 4.90 Å². The number of hydrogen-bond acceptors (Lipinski definition) is 3. The number of benzene rings is 1. The molecule has 0 spiro atoms. The van der Waals surface area contributed by atoms with Crippen molar-refractivity contribution in [3.63, 3.8) is 0 Å². The van der Waals surface area contributed by atoms with Crippen molar-refractivity contribution in [2.45, 2.75) is 65.8 Å². The van der Waals surface area contributed by atoms with Gasteiger partial charge in [-0.25, -0.2) is 9.18 Å². The van der Waals surface area contributed by atoms with E-state index in [0.29, 0.717) is 24.5 Å². The van der Waals surface area contributed by atoms with E-state index < -0.39 is 0 Å². The van der Waals surface area contributed by atoms with Crippen LogP contribution in [0.2, 0.25) is 0 Å². The Morgan fingerprint density at radius 2 is 2.07 bits per heavy atom. The van der Waals surface area contributed by atoms with Crippen LogP contribution in [0.5, 0.6) is 5.75 Å². The number of methoxy groups -OCH3 is 1. The molecule has 0 radical (unpaired) electrons. The minimum atomic E-state index is -0.253. The summed E-state index contributed by atoms with van der Waals surface area (Å²) < 4.78 is 25.3. The summed E-state index contributed by atoms with van der Waals surface area (Å²) >= 11 is 0. The van der Waals surface area contributed by atoms with Gasteiger partial charge in [0.05, 0.1) is 13.2 Å². The first-order valence-corrected chi connectivity index (χ1v) is 10.1. The van der Waals surface area contributed by atoms with Crippen molar-refractivity contribution >= 4 is 11.7 Å². The Morgan fingerprint density at radius 1 is 1.36 bits per heavy atom. The molecule has 1 saturated heterocycles. The molecule has 154 valence electrons. The van der Waals surface area contributed by atoms with Gasteiger partial charge in [0.2, 0.25) is 0 Å². The van der Waals surface area contributed by atoms with Crippen LogP contribution in [0.1, 0.15) is 70.9 Å². The van der Waals surface area contributed by atoms with Crippen molar-refractivity contribution in [1.29, 1.82) is 0 Å². The van der Waals surface area contributed by atoms with Crippen molar-refractivity contribution in [3.8, 4) is 5.75 Å². The fraction of sp³-hybridized carbons (Fsp3) is 0.609. The maximum atomic E-state index is 14.5. The number of nitrogens with zero attached hydrogens (tertiary/aromatic N) is 1. The number of allylic oxidation sites excluding steroid dienone is 1. The zero-order chi connectivity index (χ0) is 20.6. The molecule has 0 saturated carbocycles. The summed E-state index contributed by atoms with van der Waals surface area (Å²) in [5.41, 5.74) is 4.23. The molecule has 1 aromatic carbocycles. The van der Waals surface area contributed by atoms with Gasteiger partial charge in [-0.1, -0.05) is 27.7 Å². The Bertz CT molecular complexity index is 797. The largest absolute Gasteiger partial charge is 0.496 e. The Kier molecular flexibility index (Phi) is 5.74. The Balaban J connectivity index is 2.10. The van der Waals surface area contributed by atoms with E-state index in [1.165, 1.54) is 17.2 Å². The van der Waals surface area contributed by atoms with Gasteiger partial charge >= 0.3 is 6.09 Å². The number of carbonyl (C=O) groups is 1. The monoisotopic (exact) mass is 389 g/mol. The summed E-state index contributed by atoms with van der Waals surface area (Å²) in [6, 6.07) is 3.51. The molecule has 1 aliphatic heterocycles. The van der Waals surface area contributed by atoms with Crippen molar-refractivity contribution in [3.05, 3.63) is 34.6 Å². The summed E-state index contributed by atoms with van der Waals surface area (Å²) in [6.07, 6.45) is 2.58. The van der Waals surface area contributed by atoms with Gasteiger partial charge in [0.15, 0.2) is 0 Å². The second-order valence-corrected chi connectivity index (χ2v) is 9.21. The summed E-state index contributed by atoms with van der Waals surface area (Å²) in [4.78, 5) is 14.0. The molecule has 1 atom stereocenters. The summed E-state index contributed by atoms with van der Waals surface area (Å²) in [5.74, 6) is 0.416. The predicted molar refractivity (Wildman–Crippen MR) is 109 cm³/mol. The van der Waals surface area contributed by atoms with E-state index >= 15 is 0 Å². The molecule has 28 heavy (non-hydrogen) atoms. The molecular formula is C23H32FNO3. The maximum absolute atomic E-state index is 14.5. The smallest absolute Gasteiger partial charge is 0.410 e. The van der Waals surface area contributed by atoms with Crippen molar-refractivity contribution in [2.75, 3.05) is 20.3 Å². The lowest BCUT2D eigenvalue weighted by molar-refractivity contribution is 0.159. The van der Waals surface area contributed by atoms with Crippen molar-refractivity contribution < 1.29 is 18.7 Å².